The van der Waals surface area contributed by atoms with E-state index in [1.807, 2.05) is 12.4 Å². The highest BCUT2D eigenvalue weighted by Crippen LogP contribution is 2.12. The number of hydrogen-bond donors (Lipinski definition) is 1. The van der Waals surface area contributed by atoms with Crippen LogP contribution in [0.5, 0.6) is 0 Å². The van der Waals surface area contributed by atoms with Crippen molar-refractivity contribution in [3.63, 3.8) is 0 Å². The lowest BCUT2D eigenvalue weighted by Crippen LogP contribution is -2.04. The number of aromatic nitrogens is 4. The molecule has 0 aliphatic rings. The zero-order valence-electron chi connectivity index (χ0n) is 9.01. The third-order valence-electron chi connectivity index (χ3n) is 2.29. The molecule has 0 unspecified atom stereocenters. The summed E-state index contributed by atoms with van der Waals surface area (Å²) in [4.78, 5) is 8.52. The fourth-order valence-corrected chi connectivity index (χ4v) is 1.37. The van der Waals surface area contributed by atoms with E-state index in [2.05, 4.69) is 28.9 Å². The predicted molar refractivity (Wildman–Crippen MR) is 57.6 cm³/mol. The lowest BCUT2D eigenvalue weighted by atomic mass is 10.1. The van der Waals surface area contributed by atoms with Gasteiger partial charge in [-0.3, -0.25) is 0 Å². The Bertz CT molecular complexity index is 460. The largest absolute Gasteiger partial charge is 0.330 e. The van der Waals surface area contributed by atoms with Crippen molar-refractivity contribution in [2.45, 2.75) is 26.2 Å². The second-order valence-electron chi connectivity index (χ2n) is 3.85. The van der Waals surface area contributed by atoms with E-state index in [0.29, 0.717) is 24.7 Å². The molecule has 2 aromatic heterocycles. The van der Waals surface area contributed by atoms with Crippen LogP contribution in [0.15, 0.2) is 12.4 Å². The van der Waals surface area contributed by atoms with Gasteiger partial charge < -0.3 is 5.73 Å². The highest BCUT2D eigenvalue weighted by atomic mass is 15.3. The van der Waals surface area contributed by atoms with Crippen LogP contribution in [0.4, 0.5) is 0 Å². The van der Waals surface area contributed by atoms with E-state index < -0.39 is 0 Å². The average Bonchev–Trinajstić information content (AvgIpc) is 2.59. The van der Waals surface area contributed by atoms with Crippen molar-refractivity contribution < 1.29 is 0 Å². The zero-order chi connectivity index (χ0) is 10.8. The molecular weight excluding hydrogens is 190 g/mol. The van der Waals surface area contributed by atoms with Gasteiger partial charge in [0.05, 0.1) is 0 Å². The molecule has 2 heterocycles. The van der Waals surface area contributed by atoms with Crippen molar-refractivity contribution >= 4 is 5.78 Å². The summed E-state index contributed by atoms with van der Waals surface area (Å²) >= 11 is 0. The van der Waals surface area contributed by atoms with Gasteiger partial charge in [-0.1, -0.05) is 13.8 Å². The van der Waals surface area contributed by atoms with Crippen LogP contribution in [0.1, 0.15) is 31.2 Å². The van der Waals surface area contributed by atoms with Crippen LogP contribution in [0.25, 0.3) is 5.78 Å². The quantitative estimate of drug-likeness (QED) is 0.802. The smallest absolute Gasteiger partial charge is 0.252 e. The van der Waals surface area contributed by atoms with Crippen LogP contribution in [-0.2, 0) is 6.42 Å². The normalized spacial score (nSPS) is 11.5. The van der Waals surface area contributed by atoms with E-state index >= 15 is 0 Å². The van der Waals surface area contributed by atoms with Gasteiger partial charge in [0.2, 0.25) is 0 Å². The van der Waals surface area contributed by atoms with Crippen molar-refractivity contribution in [1.82, 2.24) is 19.6 Å². The molecule has 0 saturated carbocycles. The molecular formula is C10H15N5. The molecule has 80 valence electrons. The zero-order valence-corrected chi connectivity index (χ0v) is 9.01. The van der Waals surface area contributed by atoms with Gasteiger partial charge in [-0.2, -0.15) is 4.98 Å². The van der Waals surface area contributed by atoms with Crippen LogP contribution in [0.3, 0.4) is 0 Å². The molecule has 0 aromatic carbocycles. The molecule has 0 aliphatic carbocycles. The topological polar surface area (TPSA) is 69.1 Å². The maximum atomic E-state index is 5.45. The summed E-state index contributed by atoms with van der Waals surface area (Å²) in [7, 11) is 0. The van der Waals surface area contributed by atoms with Crippen molar-refractivity contribution in [3.05, 3.63) is 23.8 Å². The van der Waals surface area contributed by atoms with Gasteiger partial charge in [0.25, 0.3) is 5.78 Å². The Kier molecular flexibility index (Phi) is 2.64. The first-order valence-corrected chi connectivity index (χ1v) is 5.12. The van der Waals surface area contributed by atoms with Crippen molar-refractivity contribution in [1.29, 1.82) is 0 Å². The molecule has 0 bridgehead atoms. The highest BCUT2D eigenvalue weighted by Gasteiger charge is 2.06. The minimum atomic E-state index is 0.448. The highest BCUT2D eigenvalue weighted by molar-refractivity contribution is 5.28. The fourth-order valence-electron chi connectivity index (χ4n) is 1.37. The monoisotopic (exact) mass is 205 g/mol. The molecule has 0 atom stereocenters. The van der Waals surface area contributed by atoms with Crippen LogP contribution >= 0.6 is 0 Å². The standard InChI is InChI=1S/C10H15N5/c1-7(2)8-5-12-10-13-9(3-4-11)14-15(10)6-8/h5-7H,3-4,11H2,1-2H3. The van der Waals surface area contributed by atoms with Gasteiger partial charge in [0.1, 0.15) is 0 Å². The van der Waals surface area contributed by atoms with Crippen LogP contribution in [-0.4, -0.2) is 26.1 Å². The number of hydrogen-bond acceptors (Lipinski definition) is 4. The first kappa shape index (κ1) is 10.0. The number of rotatable bonds is 3. The van der Waals surface area contributed by atoms with Gasteiger partial charge in [0.15, 0.2) is 5.82 Å². The molecule has 2 aromatic rings. The minimum Gasteiger partial charge on any atom is -0.330 e. The number of nitrogens with zero attached hydrogens (tertiary/aromatic N) is 4. The summed E-state index contributed by atoms with van der Waals surface area (Å²) < 4.78 is 1.72. The summed E-state index contributed by atoms with van der Waals surface area (Å²) in [5.74, 6) is 1.85. The van der Waals surface area contributed by atoms with E-state index in [4.69, 9.17) is 5.73 Å². The molecule has 0 saturated heterocycles. The molecule has 0 fully saturated rings. The van der Waals surface area contributed by atoms with Gasteiger partial charge in [-0.05, 0) is 18.0 Å². The van der Waals surface area contributed by atoms with E-state index in [9.17, 15) is 0 Å². The Hall–Kier alpha value is -1.49. The maximum absolute atomic E-state index is 5.45. The Morgan fingerprint density at radius 3 is 2.93 bits per heavy atom. The fraction of sp³-hybridized carbons (Fsp3) is 0.500. The third-order valence-corrected chi connectivity index (χ3v) is 2.29. The lowest BCUT2D eigenvalue weighted by molar-refractivity contribution is 0.804. The van der Waals surface area contributed by atoms with Crippen molar-refractivity contribution in [3.8, 4) is 0 Å². The SMILES string of the molecule is CC(C)c1cnc2nc(CCN)nn2c1. The number of fused-ring (bicyclic) bond motifs is 1. The lowest BCUT2D eigenvalue weighted by Gasteiger charge is -2.02. The van der Waals surface area contributed by atoms with Gasteiger partial charge in [-0.25, -0.2) is 9.50 Å². The Morgan fingerprint density at radius 1 is 1.47 bits per heavy atom. The van der Waals surface area contributed by atoms with Crippen molar-refractivity contribution in [2.75, 3.05) is 6.54 Å². The molecule has 5 nitrogen and oxygen atoms in total. The Morgan fingerprint density at radius 2 is 2.27 bits per heavy atom. The van der Waals surface area contributed by atoms with E-state index in [1.165, 1.54) is 0 Å². The summed E-state index contributed by atoms with van der Waals surface area (Å²) in [5, 5.41) is 4.31. The number of nitrogens with two attached hydrogens (primary N) is 1. The second kappa shape index (κ2) is 3.94. The molecule has 0 aliphatic heterocycles. The molecule has 0 amide bonds. The predicted octanol–water partition coefficient (Wildman–Crippen LogP) is 0.749. The Labute approximate surface area is 88.3 Å². The summed E-state index contributed by atoms with van der Waals surface area (Å²) in [6.45, 7) is 4.81. The van der Waals surface area contributed by atoms with Crippen LogP contribution in [0.2, 0.25) is 0 Å². The first-order chi connectivity index (χ1) is 7.20. The van der Waals surface area contributed by atoms with E-state index in [1.54, 1.807) is 4.52 Å². The van der Waals surface area contributed by atoms with E-state index in [0.717, 1.165) is 11.4 Å². The molecule has 2 rings (SSSR count). The van der Waals surface area contributed by atoms with Crippen LogP contribution < -0.4 is 5.73 Å². The van der Waals surface area contributed by atoms with Crippen molar-refractivity contribution in [2.24, 2.45) is 5.73 Å². The summed E-state index contributed by atoms with van der Waals surface area (Å²) in [5.41, 5.74) is 6.61. The van der Waals surface area contributed by atoms with Gasteiger partial charge in [-0.15, -0.1) is 5.10 Å². The van der Waals surface area contributed by atoms with Gasteiger partial charge in [0, 0.05) is 18.8 Å². The summed E-state index contributed by atoms with van der Waals surface area (Å²) in [6, 6.07) is 0. The molecule has 2 N–H and O–H groups in total. The Balaban J connectivity index is 2.43. The maximum Gasteiger partial charge on any atom is 0.252 e. The molecule has 5 heteroatoms. The molecule has 0 radical (unpaired) electrons. The van der Waals surface area contributed by atoms with Crippen LogP contribution in [0, 0.1) is 0 Å². The van der Waals surface area contributed by atoms with E-state index in [-0.39, 0.29) is 0 Å². The van der Waals surface area contributed by atoms with Gasteiger partial charge >= 0.3 is 0 Å². The summed E-state index contributed by atoms with van der Waals surface area (Å²) in [6.07, 6.45) is 4.52. The molecule has 15 heavy (non-hydrogen) atoms. The first-order valence-electron chi connectivity index (χ1n) is 5.12. The average molecular weight is 205 g/mol. The second-order valence-corrected chi connectivity index (χ2v) is 3.85. The third kappa shape index (κ3) is 1.97. The minimum absolute atomic E-state index is 0.448. The molecule has 0 spiro atoms.